The van der Waals surface area contributed by atoms with Crippen molar-refractivity contribution in [2.75, 3.05) is 6.61 Å². The Bertz CT molecular complexity index is 1320. The van der Waals surface area contributed by atoms with Gasteiger partial charge in [-0.1, -0.05) is 12.1 Å². The fourth-order valence-electron chi connectivity index (χ4n) is 4.61. The van der Waals surface area contributed by atoms with Crippen LogP contribution in [0.25, 0.3) is 6.08 Å². The zero-order valence-corrected chi connectivity index (χ0v) is 23.1. The highest BCUT2D eigenvalue weighted by Crippen LogP contribution is 2.44. The van der Waals surface area contributed by atoms with Gasteiger partial charge in [-0.15, -0.1) is 0 Å². The lowest BCUT2D eigenvalue weighted by Gasteiger charge is -2.37. The number of rotatable bonds is 5. The molecule has 1 saturated heterocycles. The van der Waals surface area contributed by atoms with Gasteiger partial charge in [0.25, 0.3) is 5.91 Å². The summed E-state index contributed by atoms with van der Waals surface area (Å²) in [6.45, 7) is 13.6. The molecular formula is C30H35NO7. The summed E-state index contributed by atoms with van der Waals surface area (Å²) in [6.07, 6.45) is 2.56. The van der Waals surface area contributed by atoms with Gasteiger partial charge >= 0.3 is 6.16 Å². The second-order valence-electron chi connectivity index (χ2n) is 11.2. The zero-order chi connectivity index (χ0) is 27.8. The van der Waals surface area contributed by atoms with Crippen LogP contribution in [0.4, 0.5) is 4.79 Å². The predicted octanol–water partition coefficient (Wildman–Crippen LogP) is 5.52. The first-order valence-electron chi connectivity index (χ1n) is 12.7. The van der Waals surface area contributed by atoms with Crippen molar-refractivity contribution in [2.24, 2.45) is 0 Å². The molecule has 2 heterocycles. The van der Waals surface area contributed by atoms with Gasteiger partial charge in [0.1, 0.15) is 35.1 Å². The van der Waals surface area contributed by atoms with Crippen molar-refractivity contribution in [3.63, 3.8) is 0 Å². The number of carbonyl (C=O) groups is 3. The molecule has 0 aliphatic carbocycles. The Balaban J connectivity index is 1.45. The van der Waals surface area contributed by atoms with Crippen LogP contribution in [0.5, 0.6) is 17.2 Å². The molecule has 0 aromatic heterocycles. The summed E-state index contributed by atoms with van der Waals surface area (Å²) in [5, 5.41) is 2.28. The number of imide groups is 1. The van der Waals surface area contributed by atoms with E-state index in [1.54, 1.807) is 26.8 Å². The number of fused-ring (bicyclic) bond motifs is 1. The molecule has 2 aromatic rings. The van der Waals surface area contributed by atoms with Gasteiger partial charge in [-0.3, -0.25) is 14.9 Å². The minimum Gasteiger partial charge on any atom is -0.489 e. The Kier molecular flexibility index (Phi) is 7.28. The molecule has 2 aliphatic heterocycles. The van der Waals surface area contributed by atoms with Gasteiger partial charge < -0.3 is 18.9 Å². The van der Waals surface area contributed by atoms with Crippen molar-refractivity contribution in [3.05, 3.63) is 57.7 Å². The molecule has 1 atom stereocenters. The van der Waals surface area contributed by atoms with E-state index in [9.17, 15) is 14.4 Å². The lowest BCUT2D eigenvalue weighted by Crippen LogP contribution is -2.42. The first-order chi connectivity index (χ1) is 17.7. The van der Waals surface area contributed by atoms with Gasteiger partial charge in [-0.2, -0.15) is 0 Å². The SMILES string of the molecule is Cc1c(C)c2c(c(C)c1OC(=O)OC(C)(C)C)CCC(C)(COc1ccc(/C=C3\CC(=O)NC3=O)cc1)O2. The van der Waals surface area contributed by atoms with E-state index in [-0.39, 0.29) is 18.2 Å². The molecule has 0 radical (unpaired) electrons. The second-order valence-corrected chi connectivity index (χ2v) is 11.2. The van der Waals surface area contributed by atoms with E-state index in [2.05, 4.69) is 5.32 Å². The molecule has 2 aromatic carbocycles. The smallest absolute Gasteiger partial charge is 0.489 e. The zero-order valence-electron chi connectivity index (χ0n) is 23.1. The van der Waals surface area contributed by atoms with Crippen LogP contribution in [-0.2, 0) is 20.7 Å². The maximum absolute atomic E-state index is 12.3. The molecule has 2 aliphatic rings. The van der Waals surface area contributed by atoms with Gasteiger partial charge in [0, 0.05) is 11.1 Å². The van der Waals surface area contributed by atoms with Gasteiger partial charge in [-0.05, 0) is 102 Å². The fourth-order valence-corrected chi connectivity index (χ4v) is 4.61. The third-order valence-corrected chi connectivity index (χ3v) is 6.80. The summed E-state index contributed by atoms with van der Waals surface area (Å²) in [5.74, 6) is 1.38. The molecule has 0 bridgehead atoms. The second kappa shape index (κ2) is 10.2. The Hall–Kier alpha value is -3.81. The van der Waals surface area contributed by atoms with E-state index < -0.39 is 17.4 Å². The van der Waals surface area contributed by atoms with Gasteiger partial charge in [0.2, 0.25) is 5.91 Å². The van der Waals surface area contributed by atoms with Crippen molar-refractivity contribution in [3.8, 4) is 17.2 Å². The Morgan fingerprint density at radius 2 is 1.76 bits per heavy atom. The molecule has 0 spiro atoms. The highest BCUT2D eigenvalue weighted by Gasteiger charge is 2.36. The number of benzene rings is 2. The monoisotopic (exact) mass is 521 g/mol. The van der Waals surface area contributed by atoms with Gasteiger partial charge in [-0.25, -0.2) is 4.79 Å². The predicted molar refractivity (Wildman–Crippen MR) is 143 cm³/mol. The minimum absolute atomic E-state index is 0.0985. The Morgan fingerprint density at radius 1 is 1.08 bits per heavy atom. The summed E-state index contributed by atoms with van der Waals surface area (Å²) in [5.41, 5.74) is 3.73. The molecule has 202 valence electrons. The minimum atomic E-state index is -0.722. The van der Waals surface area contributed by atoms with Crippen LogP contribution in [0.2, 0.25) is 0 Å². The first kappa shape index (κ1) is 27.2. The van der Waals surface area contributed by atoms with E-state index in [1.807, 2.05) is 52.0 Å². The van der Waals surface area contributed by atoms with Crippen LogP contribution < -0.4 is 19.5 Å². The number of hydrogen-bond acceptors (Lipinski definition) is 7. The van der Waals surface area contributed by atoms with Crippen molar-refractivity contribution in [1.82, 2.24) is 5.32 Å². The highest BCUT2D eigenvalue weighted by atomic mass is 16.7. The van der Waals surface area contributed by atoms with E-state index in [1.165, 1.54) is 0 Å². The molecule has 8 nitrogen and oxygen atoms in total. The third kappa shape index (κ3) is 6.01. The first-order valence-corrected chi connectivity index (χ1v) is 12.7. The lowest BCUT2D eigenvalue weighted by atomic mass is 9.87. The van der Waals surface area contributed by atoms with Crippen LogP contribution in [0.15, 0.2) is 29.8 Å². The lowest BCUT2D eigenvalue weighted by molar-refractivity contribution is -0.124. The number of nitrogens with one attached hydrogen (secondary N) is 1. The summed E-state index contributed by atoms with van der Waals surface area (Å²) < 4.78 is 23.6. The maximum atomic E-state index is 12.3. The van der Waals surface area contributed by atoms with Crippen LogP contribution >= 0.6 is 0 Å². The van der Waals surface area contributed by atoms with Gasteiger partial charge in [0.15, 0.2) is 0 Å². The molecule has 38 heavy (non-hydrogen) atoms. The summed E-state index contributed by atoms with van der Waals surface area (Å²) >= 11 is 0. The Labute approximate surface area is 223 Å². The number of carbonyl (C=O) groups excluding carboxylic acids is 3. The molecule has 1 fully saturated rings. The van der Waals surface area contributed by atoms with E-state index in [0.29, 0.717) is 23.7 Å². The molecule has 8 heteroatoms. The highest BCUT2D eigenvalue weighted by molar-refractivity contribution is 6.15. The van der Waals surface area contributed by atoms with Crippen molar-refractivity contribution < 1.29 is 33.3 Å². The average molecular weight is 522 g/mol. The number of amides is 2. The quantitative estimate of drug-likeness (QED) is 0.239. The summed E-state index contributed by atoms with van der Waals surface area (Å²) in [4.78, 5) is 35.5. The largest absolute Gasteiger partial charge is 0.514 e. The summed E-state index contributed by atoms with van der Waals surface area (Å²) in [6, 6.07) is 7.36. The fraction of sp³-hybridized carbons (Fsp3) is 0.433. The third-order valence-electron chi connectivity index (χ3n) is 6.80. The molecule has 0 saturated carbocycles. The van der Waals surface area contributed by atoms with E-state index in [0.717, 1.165) is 46.4 Å². The standard InChI is InChI=1S/C30H35NO7/c1-17-18(2)26-23(19(3)25(17)36-28(34)38-29(4,5)6)12-13-30(7,37-26)16-35-22-10-8-20(9-11-22)14-21-15-24(32)31-27(21)33/h8-11,14H,12-13,15-16H2,1-7H3,(H,31,32,33)/b21-14+. The number of ether oxygens (including phenoxy) is 4. The molecule has 1 unspecified atom stereocenters. The molecule has 1 N–H and O–H groups in total. The average Bonchev–Trinajstić information content (AvgIpc) is 3.15. The van der Waals surface area contributed by atoms with E-state index in [4.69, 9.17) is 18.9 Å². The summed E-state index contributed by atoms with van der Waals surface area (Å²) in [7, 11) is 0. The van der Waals surface area contributed by atoms with Crippen molar-refractivity contribution in [2.45, 2.75) is 78.9 Å². The molecule has 4 rings (SSSR count). The van der Waals surface area contributed by atoms with E-state index >= 15 is 0 Å². The van der Waals surface area contributed by atoms with Crippen LogP contribution in [0.1, 0.15) is 68.4 Å². The van der Waals surface area contributed by atoms with Crippen molar-refractivity contribution in [1.29, 1.82) is 0 Å². The van der Waals surface area contributed by atoms with Crippen LogP contribution in [0, 0.1) is 20.8 Å². The number of hydrogen-bond donors (Lipinski definition) is 1. The van der Waals surface area contributed by atoms with Gasteiger partial charge in [0.05, 0.1) is 6.42 Å². The van der Waals surface area contributed by atoms with Crippen LogP contribution in [0.3, 0.4) is 0 Å². The maximum Gasteiger partial charge on any atom is 0.514 e. The Morgan fingerprint density at radius 3 is 2.37 bits per heavy atom. The molecule has 2 amide bonds. The normalized spacial score (nSPS) is 20.0. The molecular weight excluding hydrogens is 486 g/mol. The van der Waals surface area contributed by atoms with Crippen LogP contribution in [-0.4, -0.2) is 35.8 Å². The van der Waals surface area contributed by atoms with Crippen molar-refractivity contribution >= 4 is 24.0 Å². The topological polar surface area (TPSA) is 100 Å².